The topological polar surface area (TPSA) is 97.8 Å². The van der Waals surface area contributed by atoms with Gasteiger partial charge < -0.3 is 20.7 Å². The van der Waals surface area contributed by atoms with Gasteiger partial charge in [0.2, 0.25) is 0 Å². The lowest BCUT2D eigenvalue weighted by Crippen LogP contribution is -2.45. The first kappa shape index (κ1) is 28.8. The third kappa shape index (κ3) is 7.28. The predicted octanol–water partition coefficient (Wildman–Crippen LogP) is 5.53. The third-order valence-corrected chi connectivity index (χ3v) is 7.57. The Kier molecular flexibility index (Phi) is 8.83. The number of thioether (sulfide) groups is 1. The Balaban J connectivity index is 1.70. The molecule has 0 aliphatic carbocycles. The van der Waals surface area contributed by atoms with Crippen molar-refractivity contribution in [3.05, 3.63) is 47.2 Å². The molecule has 212 valence electrons. The third-order valence-electron chi connectivity index (χ3n) is 6.52. The number of rotatable bonds is 6. The van der Waals surface area contributed by atoms with Crippen LogP contribution in [-0.2, 0) is 11.8 Å². The number of aliphatic imine (C=N–C) groups is 1. The highest BCUT2D eigenvalue weighted by molar-refractivity contribution is 7.99. The van der Waals surface area contributed by atoms with Crippen LogP contribution in [-0.4, -0.2) is 62.8 Å². The Morgan fingerprint density at radius 2 is 2.00 bits per heavy atom. The van der Waals surface area contributed by atoms with Crippen LogP contribution in [0, 0.1) is 5.82 Å². The summed E-state index contributed by atoms with van der Waals surface area (Å²) in [4.78, 5) is 18.6. The molecule has 8 nitrogen and oxygen atoms in total. The first-order valence-electron chi connectivity index (χ1n) is 12.9. The first-order chi connectivity index (χ1) is 18.4. The average Bonchev–Trinajstić information content (AvgIpc) is 3.30. The molecule has 2 aliphatic rings. The van der Waals surface area contributed by atoms with Gasteiger partial charge >= 0.3 is 6.09 Å². The van der Waals surface area contributed by atoms with E-state index in [0.717, 1.165) is 42.2 Å². The molecule has 2 aromatic rings. The van der Waals surface area contributed by atoms with Gasteiger partial charge in [0.1, 0.15) is 22.9 Å². The fourth-order valence-corrected chi connectivity index (χ4v) is 5.69. The lowest BCUT2D eigenvalue weighted by atomic mass is 10.0. The molecule has 4 rings (SSSR count). The summed E-state index contributed by atoms with van der Waals surface area (Å²) in [6.45, 7) is 5.88. The molecule has 1 saturated heterocycles. The number of hydrogen-bond donors (Lipinski definition) is 2. The Morgan fingerprint density at radius 3 is 2.62 bits per heavy atom. The van der Waals surface area contributed by atoms with Crippen LogP contribution in [0.4, 0.5) is 23.7 Å². The van der Waals surface area contributed by atoms with Crippen molar-refractivity contribution in [3.8, 4) is 11.1 Å². The monoisotopic (exact) mass is 564 g/mol. The van der Waals surface area contributed by atoms with Gasteiger partial charge in [0.05, 0.1) is 12.7 Å². The molecular weight excluding hydrogens is 529 g/mol. The molecule has 1 aromatic heterocycles. The molecule has 3 heterocycles. The lowest BCUT2D eigenvalue weighted by molar-refractivity contribution is 0.0261. The molecule has 1 amide bonds. The Labute approximate surface area is 230 Å². The van der Waals surface area contributed by atoms with Crippen molar-refractivity contribution < 1.29 is 22.7 Å². The molecule has 0 radical (unpaired) electrons. The minimum absolute atomic E-state index is 0.0378. The molecule has 3 N–H and O–H groups in total. The molecule has 39 heavy (non-hydrogen) atoms. The normalized spacial score (nSPS) is 17.6. The SMILES string of the molecule is Cn1cc(-c2cc(F)c(N=C(N)C3=C(NC4CCSCC4)CCN(C(=O)OC(C)(C)C)C3)cc2C(F)F)cn1. The fraction of sp³-hybridized carbons (Fsp3) is 0.519. The minimum Gasteiger partial charge on any atom is -0.444 e. The summed E-state index contributed by atoms with van der Waals surface area (Å²) in [6, 6.07) is 2.31. The van der Waals surface area contributed by atoms with Gasteiger partial charge in [-0.25, -0.2) is 23.0 Å². The molecule has 0 atom stereocenters. The van der Waals surface area contributed by atoms with Crippen LogP contribution in [0.25, 0.3) is 11.1 Å². The van der Waals surface area contributed by atoms with E-state index >= 15 is 4.39 Å². The first-order valence-corrected chi connectivity index (χ1v) is 14.1. The molecule has 1 fully saturated rings. The maximum atomic E-state index is 15.2. The molecule has 2 aliphatic heterocycles. The minimum atomic E-state index is -2.87. The summed E-state index contributed by atoms with van der Waals surface area (Å²) in [6.07, 6.45) is 2.03. The van der Waals surface area contributed by atoms with Crippen molar-refractivity contribution in [2.45, 2.75) is 58.1 Å². The number of benzene rings is 1. The number of hydrogen-bond acceptors (Lipinski definition) is 6. The molecule has 0 spiro atoms. The summed E-state index contributed by atoms with van der Waals surface area (Å²) in [5.74, 6) is 1.25. The summed E-state index contributed by atoms with van der Waals surface area (Å²) < 4.78 is 50.2. The highest BCUT2D eigenvalue weighted by Crippen LogP contribution is 2.36. The maximum Gasteiger partial charge on any atom is 0.410 e. The zero-order chi connectivity index (χ0) is 28.3. The second kappa shape index (κ2) is 11.9. The van der Waals surface area contributed by atoms with Crippen molar-refractivity contribution in [3.63, 3.8) is 0 Å². The number of nitrogens with one attached hydrogen (secondary N) is 1. The number of halogens is 3. The quantitative estimate of drug-likeness (QED) is 0.354. The van der Waals surface area contributed by atoms with Crippen molar-refractivity contribution in [2.24, 2.45) is 17.8 Å². The van der Waals surface area contributed by atoms with Crippen LogP contribution in [0.15, 0.2) is 40.8 Å². The number of aryl methyl sites for hydroxylation is 1. The van der Waals surface area contributed by atoms with E-state index in [0.29, 0.717) is 24.1 Å². The van der Waals surface area contributed by atoms with Gasteiger partial charge in [-0.15, -0.1) is 0 Å². The summed E-state index contributed by atoms with van der Waals surface area (Å²) in [7, 11) is 1.65. The van der Waals surface area contributed by atoms with E-state index in [1.807, 2.05) is 11.8 Å². The zero-order valence-electron chi connectivity index (χ0n) is 22.6. The number of amides is 1. The molecule has 0 unspecified atom stereocenters. The number of nitrogens with zero attached hydrogens (tertiary/aromatic N) is 4. The molecule has 0 bridgehead atoms. The highest BCUT2D eigenvalue weighted by Gasteiger charge is 2.30. The van der Waals surface area contributed by atoms with Crippen molar-refractivity contribution >= 4 is 29.4 Å². The van der Waals surface area contributed by atoms with E-state index in [1.165, 1.54) is 22.0 Å². The van der Waals surface area contributed by atoms with Crippen LogP contribution in [0.2, 0.25) is 0 Å². The number of amidine groups is 1. The highest BCUT2D eigenvalue weighted by atomic mass is 32.2. The van der Waals surface area contributed by atoms with Crippen LogP contribution in [0.1, 0.15) is 52.0 Å². The number of carbonyl (C=O) groups is 1. The van der Waals surface area contributed by atoms with E-state index in [2.05, 4.69) is 15.4 Å². The number of ether oxygens (including phenoxy) is 1. The predicted molar refractivity (Wildman–Crippen MR) is 148 cm³/mol. The molecule has 0 saturated carbocycles. The van der Waals surface area contributed by atoms with Crippen molar-refractivity contribution in [1.29, 1.82) is 0 Å². The second-order valence-electron chi connectivity index (χ2n) is 10.7. The summed E-state index contributed by atoms with van der Waals surface area (Å²) in [5.41, 5.74) is 6.83. The molecular formula is C27H35F3N6O2S. The van der Waals surface area contributed by atoms with Crippen LogP contribution in [0.5, 0.6) is 0 Å². The summed E-state index contributed by atoms with van der Waals surface area (Å²) in [5, 5.41) is 7.56. The number of aromatic nitrogens is 2. The average molecular weight is 565 g/mol. The molecule has 1 aromatic carbocycles. The largest absolute Gasteiger partial charge is 0.444 e. The Hall–Kier alpha value is -3.15. The lowest BCUT2D eigenvalue weighted by Gasteiger charge is -2.34. The van der Waals surface area contributed by atoms with E-state index < -0.39 is 23.9 Å². The number of carbonyl (C=O) groups excluding carboxylic acids is 1. The smallest absolute Gasteiger partial charge is 0.410 e. The second-order valence-corrected chi connectivity index (χ2v) is 12.0. The zero-order valence-corrected chi connectivity index (χ0v) is 23.5. The maximum absolute atomic E-state index is 15.2. The van der Waals surface area contributed by atoms with Gasteiger partial charge in [-0.3, -0.25) is 4.68 Å². The summed E-state index contributed by atoms with van der Waals surface area (Å²) >= 11 is 1.90. The Morgan fingerprint density at radius 1 is 1.28 bits per heavy atom. The van der Waals surface area contributed by atoms with Crippen LogP contribution >= 0.6 is 11.8 Å². The van der Waals surface area contributed by atoms with Crippen molar-refractivity contribution in [1.82, 2.24) is 20.0 Å². The molecule has 12 heteroatoms. The van der Waals surface area contributed by atoms with Crippen LogP contribution < -0.4 is 11.1 Å². The van der Waals surface area contributed by atoms with E-state index in [4.69, 9.17) is 10.5 Å². The van der Waals surface area contributed by atoms with Crippen LogP contribution in [0.3, 0.4) is 0 Å². The Bertz CT molecular complexity index is 1260. The van der Waals surface area contributed by atoms with Gasteiger partial charge in [-0.05, 0) is 62.8 Å². The number of alkyl halides is 2. The van der Waals surface area contributed by atoms with Gasteiger partial charge in [-0.2, -0.15) is 16.9 Å². The fourth-order valence-electron chi connectivity index (χ4n) is 4.58. The van der Waals surface area contributed by atoms with Crippen molar-refractivity contribution in [2.75, 3.05) is 24.6 Å². The number of nitrogens with two attached hydrogens (primary N) is 1. The standard InChI is InChI=1S/C27H35F3N6O2S/c1-27(2,3)38-26(37)36-8-5-22(33-17-6-9-39-10-7-17)20(15-36)25(31)34-23-12-19(24(29)30)18(11-21(23)28)16-13-32-35(4)14-16/h11-14,17,24,33H,5-10,15H2,1-4H3,(H2,31,34). The van der Waals surface area contributed by atoms with E-state index in [9.17, 15) is 13.6 Å². The van der Waals surface area contributed by atoms with Gasteiger partial charge in [0.25, 0.3) is 6.43 Å². The van der Waals surface area contributed by atoms with E-state index in [1.54, 1.807) is 27.8 Å². The van der Waals surface area contributed by atoms with E-state index in [-0.39, 0.29) is 35.2 Å². The van der Waals surface area contributed by atoms with Gasteiger partial charge in [-0.1, -0.05) is 0 Å². The van der Waals surface area contributed by atoms with Gasteiger partial charge in [0.15, 0.2) is 0 Å². The van der Waals surface area contributed by atoms with Gasteiger partial charge in [0, 0.05) is 54.6 Å².